The SMILES string of the molecule is CN[C@H](CNC(CS)C(N)=O)CC(C)C. The highest BCUT2D eigenvalue weighted by Crippen LogP contribution is 2.03. The van der Waals surface area contributed by atoms with Crippen LogP contribution in [0.5, 0.6) is 0 Å². The first kappa shape index (κ1) is 14.7. The fraction of sp³-hybridized carbons (Fsp3) is 0.900. The number of carbonyl (C=O) groups is 1. The van der Waals surface area contributed by atoms with E-state index < -0.39 is 0 Å². The van der Waals surface area contributed by atoms with Crippen molar-refractivity contribution in [1.29, 1.82) is 0 Å². The Kier molecular flexibility index (Phi) is 7.82. The van der Waals surface area contributed by atoms with E-state index in [2.05, 4.69) is 37.1 Å². The minimum absolute atomic E-state index is 0.337. The lowest BCUT2D eigenvalue weighted by Crippen LogP contribution is -2.48. The number of primary amides is 1. The molecule has 0 rings (SSSR count). The van der Waals surface area contributed by atoms with Crippen LogP contribution in [-0.4, -0.2) is 37.3 Å². The third kappa shape index (κ3) is 6.76. The molecule has 0 heterocycles. The third-order valence-electron chi connectivity index (χ3n) is 2.30. The molecule has 0 saturated carbocycles. The molecule has 0 aliphatic rings. The van der Waals surface area contributed by atoms with Gasteiger partial charge in [0.2, 0.25) is 5.91 Å². The number of carbonyl (C=O) groups excluding carboxylic acids is 1. The minimum atomic E-state index is -0.343. The Balaban J connectivity index is 3.92. The van der Waals surface area contributed by atoms with Crippen LogP contribution in [0.1, 0.15) is 20.3 Å². The summed E-state index contributed by atoms with van der Waals surface area (Å²) in [6, 6.07) is 0.0306. The molecule has 0 saturated heterocycles. The lowest BCUT2D eigenvalue weighted by molar-refractivity contribution is -0.119. The number of hydrogen-bond donors (Lipinski definition) is 4. The summed E-state index contributed by atoms with van der Waals surface area (Å²) in [6.07, 6.45) is 1.07. The maximum Gasteiger partial charge on any atom is 0.235 e. The second kappa shape index (κ2) is 7.96. The predicted octanol–water partition coefficient (Wildman–Crippen LogP) is -0.00620. The van der Waals surface area contributed by atoms with E-state index in [1.165, 1.54) is 0 Å². The Bertz CT molecular complexity index is 188. The van der Waals surface area contributed by atoms with Gasteiger partial charge in [0, 0.05) is 18.3 Å². The number of nitrogens with two attached hydrogens (primary N) is 1. The number of likely N-dealkylation sites (N-methyl/N-ethyl adjacent to an activating group) is 1. The van der Waals surface area contributed by atoms with Gasteiger partial charge in [-0.15, -0.1) is 0 Å². The summed E-state index contributed by atoms with van der Waals surface area (Å²) < 4.78 is 0. The quantitative estimate of drug-likeness (QED) is 0.446. The highest BCUT2D eigenvalue weighted by Gasteiger charge is 2.15. The van der Waals surface area contributed by atoms with Crippen molar-refractivity contribution in [3.05, 3.63) is 0 Å². The van der Waals surface area contributed by atoms with Crippen LogP contribution in [0.3, 0.4) is 0 Å². The second-order valence-corrected chi connectivity index (χ2v) is 4.53. The van der Waals surface area contributed by atoms with Gasteiger partial charge in [-0.1, -0.05) is 13.8 Å². The van der Waals surface area contributed by atoms with E-state index in [-0.39, 0.29) is 11.9 Å². The van der Waals surface area contributed by atoms with Gasteiger partial charge < -0.3 is 16.4 Å². The molecule has 0 bridgehead atoms. The first-order valence-electron chi connectivity index (χ1n) is 5.32. The smallest absolute Gasteiger partial charge is 0.235 e. The van der Waals surface area contributed by atoms with Crippen LogP contribution in [0, 0.1) is 5.92 Å². The van der Waals surface area contributed by atoms with E-state index in [9.17, 15) is 4.79 Å². The highest BCUT2D eigenvalue weighted by atomic mass is 32.1. The summed E-state index contributed by atoms with van der Waals surface area (Å²) in [5, 5.41) is 6.32. The highest BCUT2D eigenvalue weighted by molar-refractivity contribution is 7.80. The van der Waals surface area contributed by atoms with Crippen LogP contribution in [0.2, 0.25) is 0 Å². The fourth-order valence-corrected chi connectivity index (χ4v) is 1.72. The molecule has 0 aliphatic heterocycles. The number of thiol groups is 1. The molecule has 0 aliphatic carbocycles. The predicted molar refractivity (Wildman–Crippen MR) is 67.1 cm³/mol. The maximum atomic E-state index is 10.9. The van der Waals surface area contributed by atoms with Crippen molar-refractivity contribution in [3.8, 4) is 0 Å². The van der Waals surface area contributed by atoms with Crippen LogP contribution in [0.15, 0.2) is 0 Å². The van der Waals surface area contributed by atoms with Gasteiger partial charge in [0.25, 0.3) is 0 Å². The van der Waals surface area contributed by atoms with Crippen molar-refractivity contribution < 1.29 is 4.79 Å². The lowest BCUT2D eigenvalue weighted by Gasteiger charge is -2.21. The molecule has 0 aromatic heterocycles. The van der Waals surface area contributed by atoms with E-state index in [1.807, 2.05) is 7.05 Å². The van der Waals surface area contributed by atoms with Crippen molar-refractivity contribution in [3.63, 3.8) is 0 Å². The largest absolute Gasteiger partial charge is 0.368 e. The first-order valence-corrected chi connectivity index (χ1v) is 5.95. The van der Waals surface area contributed by atoms with Crippen LogP contribution >= 0.6 is 12.6 Å². The summed E-state index contributed by atoms with van der Waals surface area (Å²) >= 11 is 4.07. The third-order valence-corrected chi connectivity index (χ3v) is 2.67. The van der Waals surface area contributed by atoms with Crippen molar-refractivity contribution in [2.24, 2.45) is 11.7 Å². The molecule has 0 radical (unpaired) electrons. The van der Waals surface area contributed by atoms with Gasteiger partial charge >= 0.3 is 0 Å². The summed E-state index contributed by atoms with van der Waals surface area (Å²) in [5.74, 6) is 0.727. The fourth-order valence-electron chi connectivity index (χ4n) is 1.41. The van der Waals surface area contributed by atoms with Gasteiger partial charge in [-0.3, -0.25) is 4.79 Å². The summed E-state index contributed by atoms with van der Waals surface area (Å²) in [4.78, 5) is 10.9. The Hall–Kier alpha value is -0.260. The molecule has 15 heavy (non-hydrogen) atoms. The number of nitrogens with one attached hydrogen (secondary N) is 2. The zero-order chi connectivity index (χ0) is 11.8. The van der Waals surface area contributed by atoms with Gasteiger partial charge in [0.05, 0.1) is 6.04 Å². The Morgan fingerprint density at radius 3 is 2.40 bits per heavy atom. The van der Waals surface area contributed by atoms with E-state index in [0.29, 0.717) is 17.7 Å². The van der Waals surface area contributed by atoms with Crippen LogP contribution in [0.4, 0.5) is 0 Å². The molecule has 4 nitrogen and oxygen atoms in total. The Morgan fingerprint density at radius 1 is 1.47 bits per heavy atom. The molecule has 4 N–H and O–H groups in total. The molecule has 0 fully saturated rings. The minimum Gasteiger partial charge on any atom is -0.368 e. The average Bonchev–Trinajstić information content (AvgIpc) is 2.15. The van der Waals surface area contributed by atoms with Crippen molar-refractivity contribution in [2.45, 2.75) is 32.4 Å². The van der Waals surface area contributed by atoms with Crippen LogP contribution < -0.4 is 16.4 Å². The molecule has 0 aromatic carbocycles. The molecule has 1 amide bonds. The van der Waals surface area contributed by atoms with Gasteiger partial charge in [0.1, 0.15) is 0 Å². The zero-order valence-electron chi connectivity index (χ0n) is 9.79. The van der Waals surface area contributed by atoms with Crippen molar-refractivity contribution in [2.75, 3.05) is 19.3 Å². The Morgan fingerprint density at radius 2 is 2.07 bits per heavy atom. The van der Waals surface area contributed by atoms with Crippen LogP contribution in [0.25, 0.3) is 0 Å². The van der Waals surface area contributed by atoms with Gasteiger partial charge in [0.15, 0.2) is 0 Å². The Labute approximate surface area is 97.8 Å². The second-order valence-electron chi connectivity index (χ2n) is 4.16. The summed E-state index contributed by atoms with van der Waals surface area (Å²) in [6.45, 7) is 5.09. The molecule has 0 spiro atoms. The maximum absolute atomic E-state index is 10.9. The normalized spacial score (nSPS) is 15.3. The first-order chi connectivity index (χ1) is 7.01. The van der Waals surface area contributed by atoms with Crippen LogP contribution in [-0.2, 0) is 4.79 Å². The topological polar surface area (TPSA) is 67.2 Å². The molecule has 2 atom stereocenters. The monoisotopic (exact) mass is 233 g/mol. The van der Waals surface area contributed by atoms with E-state index >= 15 is 0 Å². The van der Waals surface area contributed by atoms with E-state index in [1.54, 1.807) is 0 Å². The van der Waals surface area contributed by atoms with Crippen molar-refractivity contribution >= 4 is 18.5 Å². The number of rotatable bonds is 8. The van der Waals surface area contributed by atoms with Gasteiger partial charge in [-0.05, 0) is 19.4 Å². The van der Waals surface area contributed by atoms with Crippen molar-refractivity contribution in [1.82, 2.24) is 10.6 Å². The number of hydrogen-bond acceptors (Lipinski definition) is 4. The number of amides is 1. The zero-order valence-corrected chi connectivity index (χ0v) is 10.7. The molecule has 90 valence electrons. The molecule has 1 unspecified atom stereocenters. The molecule has 5 heteroatoms. The molecular weight excluding hydrogens is 210 g/mol. The average molecular weight is 233 g/mol. The lowest BCUT2D eigenvalue weighted by atomic mass is 10.0. The van der Waals surface area contributed by atoms with E-state index in [4.69, 9.17) is 5.73 Å². The standard InChI is InChI=1S/C10H23N3OS/c1-7(2)4-8(12-3)5-13-9(6-15)10(11)14/h7-9,12-13,15H,4-6H2,1-3H3,(H2,11,14)/t8-,9?/m0/s1. The molecule has 0 aromatic rings. The van der Waals surface area contributed by atoms with Gasteiger partial charge in [-0.2, -0.15) is 12.6 Å². The van der Waals surface area contributed by atoms with Gasteiger partial charge in [-0.25, -0.2) is 0 Å². The summed E-state index contributed by atoms with van der Waals surface area (Å²) in [7, 11) is 1.93. The van der Waals surface area contributed by atoms with E-state index in [0.717, 1.165) is 13.0 Å². The summed E-state index contributed by atoms with van der Waals surface area (Å²) in [5.41, 5.74) is 5.21. The molecular formula is C10H23N3OS.